The van der Waals surface area contributed by atoms with Crippen molar-refractivity contribution >= 4 is 12.0 Å². The summed E-state index contributed by atoms with van der Waals surface area (Å²) in [5, 5.41) is 2.84. The average molecular weight is 263 g/mol. The van der Waals surface area contributed by atoms with E-state index in [1.54, 1.807) is 26.2 Å². The first-order chi connectivity index (χ1) is 8.96. The lowest BCUT2D eigenvalue weighted by atomic mass is 10.0. The molecule has 0 aromatic carbocycles. The molecule has 1 aromatic heterocycles. The number of urea groups is 1. The molecule has 0 spiro atoms. The highest BCUT2D eigenvalue weighted by atomic mass is 16.5. The van der Waals surface area contributed by atoms with Crippen molar-refractivity contribution < 1.29 is 14.3 Å². The van der Waals surface area contributed by atoms with Gasteiger partial charge in [0.25, 0.3) is 0 Å². The van der Waals surface area contributed by atoms with Gasteiger partial charge in [0.1, 0.15) is 5.54 Å². The van der Waals surface area contributed by atoms with Gasteiger partial charge in [0, 0.05) is 18.9 Å². The molecular weight excluding hydrogens is 246 g/mol. The summed E-state index contributed by atoms with van der Waals surface area (Å²) in [5.41, 5.74) is -0.0745. The van der Waals surface area contributed by atoms with E-state index in [0.29, 0.717) is 6.54 Å². The van der Waals surface area contributed by atoms with Gasteiger partial charge in [-0.2, -0.15) is 0 Å². The quantitative estimate of drug-likeness (QED) is 0.829. The number of hydrogen-bond acceptors (Lipinski definition) is 4. The Morgan fingerprint density at radius 1 is 1.58 bits per heavy atom. The zero-order chi connectivity index (χ0) is 14.0. The van der Waals surface area contributed by atoms with E-state index >= 15 is 0 Å². The minimum absolute atomic E-state index is 0.162. The first kappa shape index (κ1) is 13.3. The minimum atomic E-state index is -0.990. The Labute approximate surface area is 111 Å². The van der Waals surface area contributed by atoms with Gasteiger partial charge in [-0.3, -0.25) is 4.98 Å². The summed E-state index contributed by atoms with van der Waals surface area (Å²) in [6.07, 6.45) is 3.38. The molecule has 102 valence electrons. The van der Waals surface area contributed by atoms with Crippen molar-refractivity contribution in [3.05, 3.63) is 30.1 Å². The van der Waals surface area contributed by atoms with Crippen LogP contribution in [-0.2, 0) is 9.53 Å². The molecule has 1 aliphatic rings. The zero-order valence-corrected chi connectivity index (χ0v) is 11.2. The summed E-state index contributed by atoms with van der Waals surface area (Å²) in [6.45, 7) is 3.75. The number of nitrogens with zero attached hydrogens (tertiary/aromatic N) is 2. The highest BCUT2D eigenvalue weighted by Gasteiger charge is 2.44. The van der Waals surface area contributed by atoms with E-state index in [1.807, 2.05) is 12.1 Å². The van der Waals surface area contributed by atoms with Crippen LogP contribution in [0.1, 0.15) is 25.5 Å². The van der Waals surface area contributed by atoms with E-state index in [9.17, 15) is 9.59 Å². The van der Waals surface area contributed by atoms with Crippen molar-refractivity contribution in [2.24, 2.45) is 0 Å². The van der Waals surface area contributed by atoms with Crippen LogP contribution in [0.25, 0.3) is 0 Å². The lowest BCUT2D eigenvalue weighted by Gasteiger charge is -2.31. The van der Waals surface area contributed by atoms with Crippen molar-refractivity contribution in [2.45, 2.75) is 25.4 Å². The Morgan fingerprint density at radius 2 is 2.32 bits per heavy atom. The van der Waals surface area contributed by atoms with Crippen LogP contribution in [-0.4, -0.2) is 41.1 Å². The molecule has 0 saturated carbocycles. The lowest BCUT2D eigenvalue weighted by Crippen LogP contribution is -2.52. The summed E-state index contributed by atoms with van der Waals surface area (Å²) in [6, 6.07) is 3.27. The van der Waals surface area contributed by atoms with Gasteiger partial charge in [-0.15, -0.1) is 0 Å². The Hall–Kier alpha value is -2.11. The second kappa shape index (κ2) is 4.87. The molecule has 0 bridgehead atoms. The van der Waals surface area contributed by atoms with E-state index < -0.39 is 11.5 Å². The fourth-order valence-corrected chi connectivity index (χ4v) is 2.15. The van der Waals surface area contributed by atoms with E-state index in [2.05, 4.69) is 10.3 Å². The molecule has 2 rings (SSSR count). The maximum atomic E-state index is 12.0. The predicted molar refractivity (Wildman–Crippen MR) is 68.3 cm³/mol. The van der Waals surface area contributed by atoms with Crippen LogP contribution in [0.4, 0.5) is 4.79 Å². The van der Waals surface area contributed by atoms with Gasteiger partial charge in [-0.25, -0.2) is 9.59 Å². The Morgan fingerprint density at radius 3 is 2.89 bits per heavy atom. The molecule has 1 aromatic rings. The zero-order valence-electron chi connectivity index (χ0n) is 11.2. The average Bonchev–Trinajstić information content (AvgIpc) is 2.81. The van der Waals surface area contributed by atoms with Crippen LogP contribution in [0.5, 0.6) is 0 Å². The van der Waals surface area contributed by atoms with Crippen LogP contribution in [0.3, 0.4) is 0 Å². The van der Waals surface area contributed by atoms with Crippen LogP contribution in [0.2, 0.25) is 0 Å². The number of rotatable bonds is 3. The second-order valence-corrected chi connectivity index (χ2v) is 4.95. The molecule has 1 N–H and O–H groups in total. The standard InChI is InChI=1S/C13H17N3O3/c1-13(2,11(17)19-3)16-8-10(15-12(16)18)9-5-4-6-14-7-9/h4-7,10H,8H2,1-3H3,(H,15,18). The number of esters is 1. The maximum absolute atomic E-state index is 12.0. The third-order valence-electron chi connectivity index (χ3n) is 3.35. The number of hydrogen-bond donors (Lipinski definition) is 1. The van der Waals surface area contributed by atoms with E-state index in [4.69, 9.17) is 4.74 Å². The monoisotopic (exact) mass is 263 g/mol. The fourth-order valence-electron chi connectivity index (χ4n) is 2.15. The Kier molecular flexibility index (Phi) is 3.42. The molecule has 1 unspecified atom stereocenters. The number of amides is 2. The summed E-state index contributed by atoms with van der Waals surface area (Å²) < 4.78 is 4.74. The third kappa shape index (κ3) is 2.38. The highest BCUT2D eigenvalue weighted by Crippen LogP contribution is 2.26. The maximum Gasteiger partial charge on any atom is 0.331 e. The topological polar surface area (TPSA) is 71.5 Å². The molecular formula is C13H17N3O3. The van der Waals surface area contributed by atoms with E-state index in [1.165, 1.54) is 12.0 Å². The van der Waals surface area contributed by atoms with Crippen LogP contribution < -0.4 is 5.32 Å². The molecule has 6 nitrogen and oxygen atoms in total. The van der Waals surface area contributed by atoms with Crippen LogP contribution in [0, 0.1) is 0 Å². The summed E-state index contributed by atoms with van der Waals surface area (Å²) >= 11 is 0. The van der Waals surface area contributed by atoms with E-state index in [0.717, 1.165) is 5.56 Å². The van der Waals surface area contributed by atoms with Gasteiger partial charge in [0.15, 0.2) is 0 Å². The van der Waals surface area contributed by atoms with Crippen molar-refractivity contribution in [1.82, 2.24) is 15.2 Å². The van der Waals surface area contributed by atoms with Gasteiger partial charge in [0.2, 0.25) is 0 Å². The summed E-state index contributed by atoms with van der Waals surface area (Å²) in [5.74, 6) is -0.436. The highest BCUT2D eigenvalue weighted by molar-refractivity contribution is 5.88. The molecule has 0 aliphatic carbocycles. The normalized spacial score (nSPS) is 19.2. The largest absolute Gasteiger partial charge is 0.467 e. The van der Waals surface area contributed by atoms with Crippen molar-refractivity contribution in [1.29, 1.82) is 0 Å². The SMILES string of the molecule is COC(=O)C(C)(C)N1CC(c2cccnc2)NC1=O. The Bertz CT molecular complexity index is 487. The molecule has 1 atom stereocenters. The van der Waals surface area contributed by atoms with Gasteiger partial charge < -0.3 is 15.0 Å². The number of methoxy groups -OCH3 is 1. The summed E-state index contributed by atoms with van der Waals surface area (Å²) in [7, 11) is 1.32. The number of ether oxygens (including phenoxy) is 1. The van der Waals surface area contributed by atoms with Gasteiger partial charge in [0.05, 0.1) is 13.2 Å². The number of carbonyl (C=O) groups is 2. The fraction of sp³-hybridized carbons (Fsp3) is 0.462. The van der Waals surface area contributed by atoms with Crippen molar-refractivity contribution in [2.75, 3.05) is 13.7 Å². The molecule has 2 amide bonds. The van der Waals surface area contributed by atoms with E-state index in [-0.39, 0.29) is 12.1 Å². The predicted octanol–water partition coefficient (Wildman–Crippen LogP) is 1.10. The number of carbonyl (C=O) groups excluding carboxylic acids is 2. The molecule has 1 saturated heterocycles. The summed E-state index contributed by atoms with van der Waals surface area (Å²) in [4.78, 5) is 29.3. The number of nitrogens with one attached hydrogen (secondary N) is 1. The minimum Gasteiger partial charge on any atom is -0.467 e. The molecule has 0 radical (unpaired) electrons. The molecule has 1 aliphatic heterocycles. The smallest absolute Gasteiger partial charge is 0.331 e. The van der Waals surface area contributed by atoms with Gasteiger partial charge in [-0.05, 0) is 25.5 Å². The second-order valence-electron chi connectivity index (χ2n) is 4.95. The van der Waals surface area contributed by atoms with Crippen LogP contribution in [0.15, 0.2) is 24.5 Å². The molecule has 2 heterocycles. The van der Waals surface area contributed by atoms with Gasteiger partial charge in [-0.1, -0.05) is 6.07 Å². The number of pyridine rings is 1. The molecule has 6 heteroatoms. The van der Waals surface area contributed by atoms with Gasteiger partial charge >= 0.3 is 12.0 Å². The lowest BCUT2D eigenvalue weighted by molar-refractivity contribution is -0.151. The number of aromatic nitrogens is 1. The Balaban J connectivity index is 2.19. The first-order valence-electron chi connectivity index (χ1n) is 6.03. The third-order valence-corrected chi connectivity index (χ3v) is 3.35. The van der Waals surface area contributed by atoms with Crippen molar-refractivity contribution in [3.63, 3.8) is 0 Å². The molecule has 19 heavy (non-hydrogen) atoms. The van der Waals surface area contributed by atoms with Crippen LogP contribution >= 0.6 is 0 Å². The van der Waals surface area contributed by atoms with Crippen molar-refractivity contribution in [3.8, 4) is 0 Å². The first-order valence-corrected chi connectivity index (χ1v) is 6.03. The molecule has 1 fully saturated rings.